The third-order valence-corrected chi connectivity index (χ3v) is 1.84. The van der Waals surface area contributed by atoms with Crippen molar-refractivity contribution >= 4 is 24.0 Å². The van der Waals surface area contributed by atoms with Crippen molar-refractivity contribution in [1.82, 2.24) is 4.98 Å². The van der Waals surface area contributed by atoms with E-state index in [1.807, 2.05) is 0 Å². The van der Waals surface area contributed by atoms with Crippen LogP contribution in [0.5, 0.6) is 5.88 Å². The molecule has 0 amide bonds. The molecule has 1 rings (SSSR count). The Balaban J connectivity index is 0.00000196. The Morgan fingerprint density at radius 3 is 2.40 bits per heavy atom. The molecule has 0 N–H and O–H groups in total. The van der Waals surface area contributed by atoms with Crippen LogP contribution in [0.15, 0.2) is 12.1 Å². The molecule has 1 aromatic rings. The molecule has 0 unspecified atom stereocenters. The van der Waals surface area contributed by atoms with Gasteiger partial charge in [-0.3, -0.25) is 0 Å². The number of aromatic nitrogens is 1. The molecule has 0 radical (unpaired) electrons. The van der Waals surface area contributed by atoms with Gasteiger partial charge in [0.1, 0.15) is 0 Å². The minimum atomic E-state index is -4.43. The standard InChI is InChI=1S/C8H7ClF3NO.ClH/c1-14-7-3-2-5(8(10,11)12)6(4-9)13-7;/h2-3H,4H2,1H3;1H. The highest BCUT2D eigenvalue weighted by atomic mass is 35.5. The molecule has 0 aliphatic heterocycles. The molecule has 2 nitrogen and oxygen atoms in total. The Hall–Kier alpha value is -0.680. The summed E-state index contributed by atoms with van der Waals surface area (Å²) >= 11 is 5.35. The molecule has 0 aliphatic rings. The second-order valence-corrected chi connectivity index (χ2v) is 2.75. The van der Waals surface area contributed by atoms with Crippen molar-refractivity contribution in [2.75, 3.05) is 7.11 Å². The lowest BCUT2D eigenvalue weighted by atomic mass is 10.2. The largest absolute Gasteiger partial charge is 0.481 e. The number of alkyl halides is 4. The third-order valence-electron chi connectivity index (χ3n) is 1.59. The highest BCUT2D eigenvalue weighted by Crippen LogP contribution is 2.32. The summed E-state index contributed by atoms with van der Waals surface area (Å²) in [7, 11) is 1.33. The van der Waals surface area contributed by atoms with E-state index in [9.17, 15) is 13.2 Å². The lowest BCUT2D eigenvalue weighted by Crippen LogP contribution is -2.10. The first kappa shape index (κ1) is 14.3. The van der Waals surface area contributed by atoms with Gasteiger partial charge >= 0.3 is 6.18 Å². The van der Waals surface area contributed by atoms with Crippen LogP contribution < -0.4 is 4.74 Å². The zero-order chi connectivity index (χ0) is 10.8. The molecule has 0 saturated heterocycles. The Labute approximate surface area is 95.8 Å². The first-order chi connectivity index (χ1) is 6.49. The van der Waals surface area contributed by atoms with E-state index in [2.05, 4.69) is 9.72 Å². The van der Waals surface area contributed by atoms with Gasteiger partial charge in [-0.1, -0.05) is 0 Å². The number of methoxy groups -OCH3 is 1. The normalized spacial score (nSPS) is 10.7. The number of pyridine rings is 1. The van der Waals surface area contributed by atoms with Gasteiger partial charge in [0.15, 0.2) is 0 Å². The maximum absolute atomic E-state index is 12.3. The fourth-order valence-corrected chi connectivity index (χ4v) is 1.16. The number of rotatable bonds is 2. The molecule has 0 spiro atoms. The smallest absolute Gasteiger partial charge is 0.418 e. The Kier molecular flexibility index (Phi) is 5.17. The summed E-state index contributed by atoms with van der Waals surface area (Å²) in [5.41, 5.74) is -1.05. The molecule has 0 bridgehead atoms. The summed E-state index contributed by atoms with van der Waals surface area (Å²) in [5, 5.41) is 0. The topological polar surface area (TPSA) is 22.1 Å². The van der Waals surface area contributed by atoms with Crippen molar-refractivity contribution in [3.8, 4) is 5.88 Å². The SMILES string of the molecule is COc1ccc(C(F)(F)F)c(CCl)n1.Cl. The monoisotopic (exact) mass is 261 g/mol. The van der Waals surface area contributed by atoms with Crippen molar-refractivity contribution < 1.29 is 17.9 Å². The molecular weight excluding hydrogens is 254 g/mol. The van der Waals surface area contributed by atoms with Crippen LogP contribution in [0.2, 0.25) is 0 Å². The molecule has 86 valence electrons. The average molecular weight is 262 g/mol. The van der Waals surface area contributed by atoms with Gasteiger partial charge in [0.25, 0.3) is 0 Å². The van der Waals surface area contributed by atoms with Crippen molar-refractivity contribution in [2.45, 2.75) is 12.1 Å². The molecule has 0 saturated carbocycles. The first-order valence-corrected chi connectivity index (χ1v) is 4.19. The van der Waals surface area contributed by atoms with Gasteiger partial charge in [0.2, 0.25) is 5.88 Å². The summed E-state index contributed by atoms with van der Waals surface area (Å²) in [4.78, 5) is 3.60. The van der Waals surface area contributed by atoms with Gasteiger partial charge in [0.05, 0.1) is 24.2 Å². The minimum Gasteiger partial charge on any atom is -0.481 e. The second-order valence-electron chi connectivity index (χ2n) is 2.48. The molecule has 15 heavy (non-hydrogen) atoms. The maximum atomic E-state index is 12.3. The van der Waals surface area contributed by atoms with Gasteiger partial charge in [-0.25, -0.2) is 4.98 Å². The summed E-state index contributed by atoms with van der Waals surface area (Å²) in [6, 6.07) is 2.06. The number of ether oxygens (including phenoxy) is 1. The molecular formula is C8H8Cl2F3NO. The van der Waals surface area contributed by atoms with E-state index in [0.717, 1.165) is 12.1 Å². The van der Waals surface area contributed by atoms with E-state index in [1.165, 1.54) is 7.11 Å². The summed E-state index contributed by atoms with van der Waals surface area (Å²) < 4.78 is 41.7. The molecule has 0 fully saturated rings. The van der Waals surface area contributed by atoms with Crippen LogP contribution in [0, 0.1) is 0 Å². The fraction of sp³-hybridized carbons (Fsp3) is 0.375. The fourth-order valence-electron chi connectivity index (χ4n) is 0.955. The summed E-state index contributed by atoms with van der Waals surface area (Å²) in [5.74, 6) is -0.180. The summed E-state index contributed by atoms with van der Waals surface area (Å²) in [6.07, 6.45) is -4.43. The van der Waals surface area contributed by atoms with Crippen LogP contribution in [-0.2, 0) is 12.1 Å². The van der Waals surface area contributed by atoms with Crippen LogP contribution in [-0.4, -0.2) is 12.1 Å². The molecule has 1 heterocycles. The Bertz CT molecular complexity index is 330. The lowest BCUT2D eigenvalue weighted by molar-refractivity contribution is -0.138. The van der Waals surface area contributed by atoms with Crippen LogP contribution in [0.1, 0.15) is 11.3 Å². The van der Waals surface area contributed by atoms with Crippen LogP contribution in [0.3, 0.4) is 0 Å². The summed E-state index contributed by atoms with van der Waals surface area (Å²) in [6.45, 7) is 0. The van der Waals surface area contributed by atoms with Gasteiger partial charge in [0, 0.05) is 6.07 Å². The average Bonchev–Trinajstić information content (AvgIpc) is 2.15. The van der Waals surface area contributed by atoms with Crippen LogP contribution >= 0.6 is 24.0 Å². The van der Waals surface area contributed by atoms with Gasteiger partial charge < -0.3 is 4.74 Å². The third kappa shape index (κ3) is 3.43. The van der Waals surface area contributed by atoms with Crippen molar-refractivity contribution in [1.29, 1.82) is 0 Å². The van der Waals surface area contributed by atoms with E-state index in [4.69, 9.17) is 11.6 Å². The lowest BCUT2D eigenvalue weighted by Gasteiger charge is -2.10. The predicted molar refractivity (Wildman–Crippen MR) is 52.6 cm³/mol. The van der Waals surface area contributed by atoms with Gasteiger partial charge in [-0.15, -0.1) is 24.0 Å². The Morgan fingerprint density at radius 2 is 2.00 bits per heavy atom. The number of nitrogens with zero attached hydrogens (tertiary/aromatic N) is 1. The highest BCUT2D eigenvalue weighted by Gasteiger charge is 2.33. The van der Waals surface area contributed by atoms with E-state index < -0.39 is 11.7 Å². The molecule has 7 heteroatoms. The van der Waals surface area contributed by atoms with Crippen LogP contribution in [0.4, 0.5) is 13.2 Å². The molecule has 0 atom stereocenters. The second kappa shape index (κ2) is 5.42. The quantitative estimate of drug-likeness (QED) is 0.763. The van der Waals surface area contributed by atoms with Crippen LogP contribution in [0.25, 0.3) is 0 Å². The predicted octanol–water partition coefficient (Wildman–Crippen LogP) is 3.27. The molecule has 0 aliphatic carbocycles. The van der Waals surface area contributed by atoms with E-state index in [0.29, 0.717) is 0 Å². The maximum Gasteiger partial charge on any atom is 0.418 e. The van der Waals surface area contributed by atoms with E-state index in [1.54, 1.807) is 0 Å². The van der Waals surface area contributed by atoms with Gasteiger partial charge in [-0.05, 0) is 6.07 Å². The first-order valence-electron chi connectivity index (χ1n) is 3.66. The minimum absolute atomic E-state index is 0. The number of halogens is 5. The molecule has 0 aromatic carbocycles. The number of hydrogen-bond donors (Lipinski definition) is 0. The van der Waals surface area contributed by atoms with Crippen molar-refractivity contribution in [3.05, 3.63) is 23.4 Å². The Morgan fingerprint density at radius 1 is 1.40 bits per heavy atom. The van der Waals surface area contributed by atoms with Crippen molar-refractivity contribution in [2.24, 2.45) is 0 Å². The highest BCUT2D eigenvalue weighted by molar-refractivity contribution is 6.17. The van der Waals surface area contributed by atoms with Gasteiger partial charge in [-0.2, -0.15) is 13.2 Å². The van der Waals surface area contributed by atoms with E-state index in [-0.39, 0.29) is 29.9 Å². The molecule has 1 aromatic heterocycles. The zero-order valence-corrected chi connectivity index (χ0v) is 9.21. The van der Waals surface area contributed by atoms with E-state index >= 15 is 0 Å². The zero-order valence-electron chi connectivity index (χ0n) is 7.64. The number of hydrogen-bond acceptors (Lipinski definition) is 2. The van der Waals surface area contributed by atoms with Crippen molar-refractivity contribution in [3.63, 3.8) is 0 Å².